The van der Waals surface area contributed by atoms with Gasteiger partial charge in [-0.05, 0) is 32.0 Å². The molecule has 0 spiro atoms. The van der Waals surface area contributed by atoms with Crippen LogP contribution in [0.3, 0.4) is 0 Å². The first kappa shape index (κ1) is 17.9. The van der Waals surface area contributed by atoms with E-state index in [1.807, 2.05) is 24.4 Å². The summed E-state index contributed by atoms with van der Waals surface area (Å²) in [5, 5.41) is 11.6. The van der Waals surface area contributed by atoms with Crippen molar-refractivity contribution in [2.24, 2.45) is 0 Å². The van der Waals surface area contributed by atoms with E-state index in [9.17, 15) is 9.59 Å². The van der Waals surface area contributed by atoms with Gasteiger partial charge >= 0.3 is 5.97 Å². The Morgan fingerprint density at radius 1 is 1.27 bits per heavy atom. The Balaban J connectivity index is 1.63. The van der Waals surface area contributed by atoms with E-state index in [4.69, 9.17) is 13.9 Å². The van der Waals surface area contributed by atoms with Gasteiger partial charge < -0.3 is 18.8 Å². The van der Waals surface area contributed by atoms with Crippen LogP contribution in [0.4, 0.5) is 0 Å². The molecule has 136 valence electrons. The van der Waals surface area contributed by atoms with E-state index in [0.717, 1.165) is 10.8 Å². The number of aryl methyl sites for hydroxylation is 2. The van der Waals surface area contributed by atoms with Crippen molar-refractivity contribution >= 4 is 23.2 Å². The molecule has 26 heavy (non-hydrogen) atoms. The standard InChI is InChI=1S/C18H18N2O5S/c1-10-4-5-15(24-10)17-19-12(9-26-17)6-16(21)20(3)8-13-7-14(18(22)23)11(2)25-13/h4-5,7,9H,6,8H2,1-3H3,(H,22,23). The number of nitrogens with zero attached hydrogens (tertiary/aromatic N) is 2. The maximum atomic E-state index is 12.4. The van der Waals surface area contributed by atoms with Gasteiger partial charge in [-0.15, -0.1) is 11.3 Å². The van der Waals surface area contributed by atoms with Crippen LogP contribution in [-0.2, 0) is 17.8 Å². The maximum Gasteiger partial charge on any atom is 0.339 e. The largest absolute Gasteiger partial charge is 0.478 e. The number of aromatic nitrogens is 1. The zero-order valence-corrected chi connectivity index (χ0v) is 15.4. The molecule has 0 unspecified atom stereocenters. The van der Waals surface area contributed by atoms with Crippen molar-refractivity contribution in [3.05, 3.63) is 52.1 Å². The molecule has 8 heteroatoms. The molecule has 0 aliphatic carbocycles. The first-order chi connectivity index (χ1) is 12.3. The predicted molar refractivity (Wildman–Crippen MR) is 95.1 cm³/mol. The van der Waals surface area contributed by atoms with Gasteiger partial charge in [-0.2, -0.15) is 0 Å². The third kappa shape index (κ3) is 3.85. The highest BCUT2D eigenvalue weighted by Gasteiger charge is 2.18. The second kappa shape index (κ2) is 7.17. The van der Waals surface area contributed by atoms with E-state index in [0.29, 0.717) is 23.0 Å². The highest BCUT2D eigenvalue weighted by Crippen LogP contribution is 2.26. The third-order valence-electron chi connectivity index (χ3n) is 3.85. The lowest BCUT2D eigenvalue weighted by molar-refractivity contribution is -0.130. The first-order valence-corrected chi connectivity index (χ1v) is 8.79. The maximum absolute atomic E-state index is 12.4. The van der Waals surface area contributed by atoms with Gasteiger partial charge in [0.25, 0.3) is 0 Å². The number of carbonyl (C=O) groups excluding carboxylic acids is 1. The molecule has 0 aromatic carbocycles. The van der Waals surface area contributed by atoms with Crippen LogP contribution < -0.4 is 0 Å². The number of rotatable bonds is 6. The van der Waals surface area contributed by atoms with Crippen LogP contribution in [-0.4, -0.2) is 33.9 Å². The Morgan fingerprint density at radius 3 is 2.65 bits per heavy atom. The third-order valence-corrected chi connectivity index (χ3v) is 4.76. The molecule has 7 nitrogen and oxygen atoms in total. The number of thiazole rings is 1. The molecule has 3 rings (SSSR count). The fourth-order valence-electron chi connectivity index (χ4n) is 2.50. The average molecular weight is 374 g/mol. The lowest BCUT2D eigenvalue weighted by Gasteiger charge is -2.14. The molecule has 0 bridgehead atoms. The normalized spacial score (nSPS) is 10.9. The van der Waals surface area contributed by atoms with Crippen LogP contribution in [0.1, 0.15) is 33.3 Å². The van der Waals surface area contributed by atoms with Gasteiger partial charge in [-0.25, -0.2) is 9.78 Å². The summed E-state index contributed by atoms with van der Waals surface area (Å²) in [6, 6.07) is 5.17. The molecule has 0 atom stereocenters. The summed E-state index contributed by atoms with van der Waals surface area (Å²) in [4.78, 5) is 29.4. The van der Waals surface area contributed by atoms with Crippen molar-refractivity contribution < 1.29 is 23.5 Å². The molecule has 1 amide bonds. The molecule has 0 saturated heterocycles. The lowest BCUT2D eigenvalue weighted by Crippen LogP contribution is -2.27. The van der Waals surface area contributed by atoms with Crippen LogP contribution in [0.2, 0.25) is 0 Å². The SMILES string of the molecule is Cc1ccc(-c2nc(CC(=O)N(C)Cc3cc(C(=O)O)c(C)o3)cs2)o1. The molecule has 0 aliphatic rings. The van der Waals surface area contributed by atoms with Crippen molar-refractivity contribution in [1.29, 1.82) is 0 Å². The summed E-state index contributed by atoms with van der Waals surface area (Å²) in [6.07, 6.45) is 0.151. The molecule has 1 N–H and O–H groups in total. The van der Waals surface area contributed by atoms with Crippen LogP contribution in [0.25, 0.3) is 10.8 Å². The second-order valence-electron chi connectivity index (χ2n) is 5.97. The Bertz CT molecular complexity index is 953. The van der Waals surface area contributed by atoms with Gasteiger partial charge in [0.15, 0.2) is 10.8 Å². The van der Waals surface area contributed by atoms with Crippen molar-refractivity contribution in [1.82, 2.24) is 9.88 Å². The summed E-state index contributed by atoms with van der Waals surface area (Å²) in [7, 11) is 1.64. The summed E-state index contributed by atoms with van der Waals surface area (Å²) in [5.41, 5.74) is 0.775. The molecule has 3 aromatic rings. The molecular formula is C18H18N2O5S. The molecule has 0 aliphatic heterocycles. The monoisotopic (exact) mass is 374 g/mol. The molecule has 0 fully saturated rings. The quantitative estimate of drug-likeness (QED) is 0.709. The summed E-state index contributed by atoms with van der Waals surface area (Å²) < 4.78 is 10.9. The van der Waals surface area contributed by atoms with Gasteiger partial charge in [0.05, 0.1) is 18.7 Å². The van der Waals surface area contributed by atoms with E-state index >= 15 is 0 Å². The number of carboxylic acids is 1. The van der Waals surface area contributed by atoms with Gasteiger partial charge in [0, 0.05) is 12.4 Å². The number of hydrogen-bond acceptors (Lipinski definition) is 6. The van der Waals surface area contributed by atoms with Crippen molar-refractivity contribution in [2.75, 3.05) is 7.05 Å². The number of likely N-dealkylation sites (N-methyl/N-ethyl adjacent to an activating group) is 1. The minimum absolute atomic E-state index is 0.110. The smallest absolute Gasteiger partial charge is 0.339 e. The van der Waals surface area contributed by atoms with Gasteiger partial charge in [0.1, 0.15) is 22.8 Å². The molecule has 3 aromatic heterocycles. The lowest BCUT2D eigenvalue weighted by atomic mass is 10.2. The number of carboxylic acid groups (broad SMARTS) is 1. The highest BCUT2D eigenvalue weighted by molar-refractivity contribution is 7.13. The van der Waals surface area contributed by atoms with E-state index < -0.39 is 5.97 Å². The van der Waals surface area contributed by atoms with Crippen LogP contribution in [0.5, 0.6) is 0 Å². The van der Waals surface area contributed by atoms with Crippen LogP contribution in [0, 0.1) is 13.8 Å². The Hall–Kier alpha value is -2.87. The van der Waals surface area contributed by atoms with Crippen molar-refractivity contribution in [2.45, 2.75) is 26.8 Å². The minimum atomic E-state index is -1.05. The van der Waals surface area contributed by atoms with Crippen molar-refractivity contribution in [3.8, 4) is 10.8 Å². The second-order valence-corrected chi connectivity index (χ2v) is 6.83. The van der Waals surface area contributed by atoms with Gasteiger partial charge in [0.2, 0.25) is 5.91 Å². The number of hydrogen-bond donors (Lipinski definition) is 1. The molecule has 0 radical (unpaired) electrons. The first-order valence-electron chi connectivity index (χ1n) is 7.91. The number of amides is 1. The molecule has 3 heterocycles. The number of carbonyl (C=O) groups is 2. The highest BCUT2D eigenvalue weighted by atomic mass is 32.1. The number of aromatic carboxylic acids is 1. The Kier molecular flexibility index (Phi) is 4.94. The Labute approximate surface area is 153 Å². The summed E-state index contributed by atoms with van der Waals surface area (Å²) >= 11 is 1.42. The molecule has 0 saturated carbocycles. The van der Waals surface area contributed by atoms with Gasteiger partial charge in [-0.1, -0.05) is 0 Å². The Morgan fingerprint density at radius 2 is 2.04 bits per heavy atom. The van der Waals surface area contributed by atoms with Crippen LogP contribution >= 0.6 is 11.3 Å². The predicted octanol–water partition coefficient (Wildman–Crippen LogP) is 3.51. The van der Waals surface area contributed by atoms with E-state index in [1.54, 1.807) is 14.0 Å². The fourth-order valence-corrected chi connectivity index (χ4v) is 3.28. The fraction of sp³-hybridized carbons (Fsp3) is 0.278. The van der Waals surface area contributed by atoms with Gasteiger partial charge in [-0.3, -0.25) is 4.79 Å². The van der Waals surface area contributed by atoms with Crippen LogP contribution in [0.15, 0.2) is 32.4 Å². The van der Waals surface area contributed by atoms with E-state index in [1.165, 1.54) is 22.3 Å². The zero-order valence-electron chi connectivity index (χ0n) is 14.6. The minimum Gasteiger partial charge on any atom is -0.478 e. The average Bonchev–Trinajstić information content (AvgIpc) is 3.27. The number of furan rings is 2. The summed E-state index contributed by atoms with van der Waals surface area (Å²) in [5.74, 6) is 1.07. The van der Waals surface area contributed by atoms with E-state index in [2.05, 4.69) is 4.98 Å². The topological polar surface area (TPSA) is 96.8 Å². The van der Waals surface area contributed by atoms with E-state index in [-0.39, 0.29) is 24.4 Å². The zero-order chi connectivity index (χ0) is 18.8. The molecular weight excluding hydrogens is 356 g/mol. The van der Waals surface area contributed by atoms with Crippen molar-refractivity contribution in [3.63, 3.8) is 0 Å². The summed E-state index contributed by atoms with van der Waals surface area (Å²) in [6.45, 7) is 3.64.